The molecular formula is C18H23N5O10. The number of hydrogen-bond donors (Lipinski definition) is 6. The molecule has 15 nitrogen and oxygen atoms in total. The summed E-state index contributed by atoms with van der Waals surface area (Å²) in [7, 11) is 0. The summed E-state index contributed by atoms with van der Waals surface area (Å²) in [6.45, 7) is -0.928. The number of nitrogen functional groups attached to an aromatic ring is 1. The number of aromatic nitrogens is 4. The van der Waals surface area contributed by atoms with Gasteiger partial charge in [-0.15, -0.1) is 0 Å². The minimum atomic E-state index is -1.49. The summed E-state index contributed by atoms with van der Waals surface area (Å²) in [4.78, 5) is 40.9. The summed E-state index contributed by atoms with van der Waals surface area (Å²) < 4.78 is 18.6. The largest absolute Gasteiger partial charge is 0.394 e. The third kappa shape index (κ3) is 4.34. The van der Waals surface area contributed by atoms with Gasteiger partial charge in [0.1, 0.15) is 42.4 Å². The summed E-state index contributed by atoms with van der Waals surface area (Å²) >= 11 is 0. The number of nitrogens with one attached hydrogen (secondary N) is 1. The first-order valence-corrected chi connectivity index (χ1v) is 9.95. The molecule has 2 fully saturated rings. The molecule has 0 aromatic carbocycles. The van der Waals surface area contributed by atoms with Crippen LogP contribution in [0, 0.1) is 0 Å². The van der Waals surface area contributed by atoms with Crippen LogP contribution in [0.25, 0.3) is 0 Å². The number of nitrogens with zero attached hydrogens (tertiary/aromatic N) is 3. The molecule has 0 radical (unpaired) electrons. The molecule has 4 rings (SSSR count). The average Bonchev–Trinajstić information content (AvgIpc) is 3.23. The van der Waals surface area contributed by atoms with Crippen molar-refractivity contribution in [2.24, 2.45) is 0 Å². The van der Waals surface area contributed by atoms with E-state index in [-0.39, 0.29) is 12.4 Å². The Morgan fingerprint density at radius 2 is 1.67 bits per heavy atom. The predicted molar refractivity (Wildman–Crippen MR) is 107 cm³/mol. The zero-order valence-corrected chi connectivity index (χ0v) is 17.0. The lowest BCUT2D eigenvalue weighted by Gasteiger charge is -2.23. The van der Waals surface area contributed by atoms with Crippen molar-refractivity contribution in [3.05, 3.63) is 55.8 Å². The second-order valence-electron chi connectivity index (χ2n) is 7.64. The van der Waals surface area contributed by atoms with E-state index in [0.29, 0.717) is 0 Å². The molecule has 7 N–H and O–H groups in total. The fraction of sp³-hybridized carbons (Fsp3) is 0.556. The molecule has 8 atom stereocenters. The van der Waals surface area contributed by atoms with Crippen molar-refractivity contribution in [3.8, 4) is 0 Å². The Bertz CT molecular complexity index is 1160. The Labute approximate surface area is 184 Å². The molecule has 15 heteroatoms. The topological polar surface area (TPSA) is 224 Å². The van der Waals surface area contributed by atoms with Gasteiger partial charge in [0.25, 0.3) is 5.56 Å². The molecule has 180 valence electrons. The number of nitrogens with two attached hydrogens (primary N) is 1. The number of aromatic amines is 1. The maximum Gasteiger partial charge on any atom is 0.351 e. The summed E-state index contributed by atoms with van der Waals surface area (Å²) in [5.41, 5.74) is 3.20. The molecular weight excluding hydrogens is 446 g/mol. The van der Waals surface area contributed by atoms with Crippen molar-refractivity contribution in [3.63, 3.8) is 0 Å². The zero-order valence-electron chi connectivity index (χ0n) is 17.0. The smallest absolute Gasteiger partial charge is 0.351 e. The molecule has 0 saturated carbocycles. The van der Waals surface area contributed by atoms with Crippen LogP contribution in [-0.4, -0.2) is 89.4 Å². The highest BCUT2D eigenvalue weighted by molar-refractivity contribution is 5.23. The molecule has 0 spiro atoms. The van der Waals surface area contributed by atoms with Crippen LogP contribution in [0.3, 0.4) is 0 Å². The lowest BCUT2D eigenvalue weighted by atomic mass is 10.1. The Morgan fingerprint density at radius 1 is 1.00 bits per heavy atom. The fourth-order valence-corrected chi connectivity index (χ4v) is 3.85. The number of rotatable bonds is 6. The van der Waals surface area contributed by atoms with Gasteiger partial charge in [-0.3, -0.25) is 18.9 Å². The first kappa shape index (κ1) is 23.2. The monoisotopic (exact) mass is 469 g/mol. The van der Waals surface area contributed by atoms with Crippen LogP contribution in [-0.2, 0) is 14.2 Å². The molecule has 0 amide bonds. The van der Waals surface area contributed by atoms with Crippen LogP contribution in [0.4, 0.5) is 5.82 Å². The van der Waals surface area contributed by atoms with E-state index >= 15 is 0 Å². The first-order valence-electron chi connectivity index (χ1n) is 9.95. The fourth-order valence-electron chi connectivity index (χ4n) is 3.85. The minimum Gasteiger partial charge on any atom is -0.394 e. The van der Waals surface area contributed by atoms with E-state index in [2.05, 4.69) is 4.98 Å². The van der Waals surface area contributed by atoms with Crippen LogP contribution in [0.2, 0.25) is 0 Å². The van der Waals surface area contributed by atoms with Gasteiger partial charge in [0.15, 0.2) is 12.5 Å². The number of aliphatic hydroxyl groups is 4. The lowest BCUT2D eigenvalue weighted by molar-refractivity contribution is -0.111. The van der Waals surface area contributed by atoms with Crippen molar-refractivity contribution >= 4 is 5.82 Å². The first-order chi connectivity index (χ1) is 15.7. The Morgan fingerprint density at radius 3 is 2.33 bits per heavy atom. The number of aliphatic hydroxyl groups excluding tert-OH is 4. The predicted octanol–water partition coefficient (Wildman–Crippen LogP) is -4.37. The van der Waals surface area contributed by atoms with Crippen molar-refractivity contribution < 1.29 is 34.6 Å². The molecule has 2 aromatic heterocycles. The number of anilines is 1. The molecule has 0 aliphatic carbocycles. The highest BCUT2D eigenvalue weighted by atomic mass is 16.6. The van der Waals surface area contributed by atoms with Gasteiger partial charge >= 0.3 is 11.4 Å². The highest BCUT2D eigenvalue weighted by Crippen LogP contribution is 2.33. The van der Waals surface area contributed by atoms with Gasteiger partial charge in [-0.1, -0.05) is 0 Å². The molecule has 0 unspecified atom stereocenters. The second kappa shape index (κ2) is 9.14. The highest BCUT2D eigenvalue weighted by Gasteiger charge is 2.48. The van der Waals surface area contributed by atoms with Gasteiger partial charge in [0.2, 0.25) is 0 Å². The van der Waals surface area contributed by atoms with E-state index in [1.54, 1.807) is 0 Å². The summed E-state index contributed by atoms with van der Waals surface area (Å²) in [6.07, 6.45) is -7.82. The van der Waals surface area contributed by atoms with Crippen LogP contribution in [0.1, 0.15) is 12.5 Å². The maximum absolute atomic E-state index is 12.0. The van der Waals surface area contributed by atoms with Crippen LogP contribution >= 0.6 is 0 Å². The van der Waals surface area contributed by atoms with E-state index in [0.717, 1.165) is 21.4 Å². The van der Waals surface area contributed by atoms with E-state index in [1.807, 2.05) is 4.98 Å². The molecule has 2 aromatic rings. The van der Waals surface area contributed by atoms with Crippen molar-refractivity contribution in [1.29, 1.82) is 0 Å². The van der Waals surface area contributed by atoms with Crippen LogP contribution in [0.5, 0.6) is 0 Å². The van der Waals surface area contributed by atoms with Crippen molar-refractivity contribution in [2.45, 2.75) is 49.1 Å². The van der Waals surface area contributed by atoms with E-state index in [4.69, 9.17) is 19.9 Å². The summed E-state index contributed by atoms with van der Waals surface area (Å²) in [5.74, 6) is -0.0226. The second-order valence-corrected chi connectivity index (χ2v) is 7.64. The Balaban J connectivity index is 1.47. The molecule has 2 aliphatic heterocycles. The van der Waals surface area contributed by atoms with Gasteiger partial charge in [-0.05, 0) is 6.07 Å². The molecule has 4 heterocycles. The number of ether oxygens (including phenoxy) is 3. The van der Waals surface area contributed by atoms with Crippen molar-refractivity contribution in [1.82, 2.24) is 19.1 Å². The van der Waals surface area contributed by atoms with Crippen LogP contribution in [0.15, 0.2) is 38.9 Å². The molecule has 2 saturated heterocycles. The standard InChI is InChI=1S/C18H23N5O10/c19-9-1-3-22(17(29)20-9)15-12(27)11(26)8(33-15)6-31-14-7(5-24)32-16(13(14)28)23-4-2-10(25)21-18(23)30/h1-4,7-8,11-16,24,26-28H,5-6H2,(H2,19,20,29)(H,21,25,30)/t7-,8-,11-,12-,13-,14-,15-,16-/m1/s1. The normalized spacial score (nSPS) is 34.1. The summed E-state index contributed by atoms with van der Waals surface area (Å²) in [6, 6.07) is 2.39. The molecule has 33 heavy (non-hydrogen) atoms. The van der Waals surface area contributed by atoms with Gasteiger partial charge in [-0.2, -0.15) is 4.98 Å². The quantitative estimate of drug-likeness (QED) is 0.236. The van der Waals surface area contributed by atoms with Crippen LogP contribution < -0.4 is 22.7 Å². The van der Waals surface area contributed by atoms with E-state index in [9.17, 15) is 34.8 Å². The summed E-state index contributed by atoms with van der Waals surface area (Å²) in [5, 5.41) is 41.0. The van der Waals surface area contributed by atoms with E-state index in [1.165, 1.54) is 12.3 Å². The lowest BCUT2D eigenvalue weighted by Crippen LogP contribution is -2.41. The third-order valence-corrected chi connectivity index (χ3v) is 5.53. The number of H-pyrrole nitrogens is 1. The SMILES string of the molecule is Nc1ccn([C@@H]2O[C@H](CO[C@H]3[C@@H](O)[C@H](n4ccc(=O)[nH]c4=O)O[C@@H]3CO)[C@@H](O)[C@H]2O)c(=O)n1. The van der Waals surface area contributed by atoms with Gasteiger partial charge in [0.05, 0.1) is 13.2 Å². The van der Waals surface area contributed by atoms with Gasteiger partial charge in [-0.25, -0.2) is 9.59 Å². The van der Waals surface area contributed by atoms with Crippen molar-refractivity contribution in [2.75, 3.05) is 18.9 Å². The van der Waals surface area contributed by atoms with Gasteiger partial charge in [0, 0.05) is 18.5 Å². The van der Waals surface area contributed by atoms with Gasteiger partial charge < -0.3 is 40.4 Å². The van der Waals surface area contributed by atoms with E-state index < -0.39 is 72.6 Å². The maximum atomic E-state index is 12.0. The average molecular weight is 469 g/mol. The molecule has 0 bridgehead atoms. The number of hydrogen-bond acceptors (Lipinski definition) is 12. The third-order valence-electron chi connectivity index (χ3n) is 5.53. The minimum absolute atomic E-state index is 0.0226. The Kier molecular flexibility index (Phi) is 6.44. The molecule has 2 aliphatic rings. The Hall–Kier alpha value is -2.92. The zero-order chi connectivity index (χ0) is 23.9.